The molecule has 2 heterocycles. The third kappa shape index (κ3) is 2.27. The Morgan fingerprint density at radius 1 is 1.53 bits per heavy atom. The van der Waals surface area contributed by atoms with Crippen LogP contribution in [0, 0.1) is 0 Å². The van der Waals surface area contributed by atoms with Crippen LogP contribution in [0.3, 0.4) is 0 Å². The van der Waals surface area contributed by atoms with Crippen LogP contribution in [-0.4, -0.2) is 33.9 Å². The van der Waals surface area contributed by atoms with Crippen molar-refractivity contribution in [1.29, 1.82) is 0 Å². The van der Waals surface area contributed by atoms with Crippen molar-refractivity contribution >= 4 is 5.82 Å². The lowest BCUT2D eigenvalue weighted by Gasteiger charge is -2.19. The van der Waals surface area contributed by atoms with Crippen LogP contribution < -0.4 is 4.90 Å². The summed E-state index contributed by atoms with van der Waals surface area (Å²) in [6.45, 7) is 3.32. The zero-order valence-electron chi connectivity index (χ0n) is 8.85. The maximum atomic E-state index is 9.82. The van der Waals surface area contributed by atoms with E-state index in [1.165, 1.54) is 0 Å². The van der Waals surface area contributed by atoms with Crippen LogP contribution in [0.25, 0.3) is 0 Å². The molecular formula is C11H16N2O2. The molecule has 1 unspecified atom stereocenters. The highest BCUT2D eigenvalue weighted by Gasteiger charge is 2.31. The van der Waals surface area contributed by atoms with E-state index >= 15 is 0 Å². The van der Waals surface area contributed by atoms with Crippen molar-refractivity contribution in [2.45, 2.75) is 25.6 Å². The zero-order chi connectivity index (χ0) is 10.9. The van der Waals surface area contributed by atoms with Gasteiger partial charge in [-0.1, -0.05) is 6.07 Å². The Kier molecular flexibility index (Phi) is 2.63. The molecule has 1 aliphatic heterocycles. The topological polar surface area (TPSA) is 56.6 Å². The minimum absolute atomic E-state index is 0.0188. The predicted molar refractivity (Wildman–Crippen MR) is 57.6 cm³/mol. The lowest BCUT2D eigenvalue weighted by Crippen LogP contribution is -2.29. The monoisotopic (exact) mass is 208 g/mol. The molecule has 4 nitrogen and oxygen atoms in total. The van der Waals surface area contributed by atoms with Gasteiger partial charge >= 0.3 is 0 Å². The van der Waals surface area contributed by atoms with Crippen molar-refractivity contribution in [3.63, 3.8) is 0 Å². The molecule has 1 aromatic rings. The van der Waals surface area contributed by atoms with Gasteiger partial charge in [0.2, 0.25) is 0 Å². The highest BCUT2D eigenvalue weighted by atomic mass is 16.3. The summed E-state index contributed by atoms with van der Waals surface area (Å²) >= 11 is 0. The molecule has 1 aromatic heterocycles. The summed E-state index contributed by atoms with van der Waals surface area (Å²) < 4.78 is 0. The van der Waals surface area contributed by atoms with E-state index in [0.717, 1.165) is 24.3 Å². The Balaban J connectivity index is 2.11. The van der Waals surface area contributed by atoms with Gasteiger partial charge in [-0.15, -0.1) is 0 Å². The van der Waals surface area contributed by atoms with Gasteiger partial charge in [-0.2, -0.15) is 0 Å². The van der Waals surface area contributed by atoms with Crippen molar-refractivity contribution in [3.05, 3.63) is 23.9 Å². The average Bonchev–Trinajstić information content (AvgIpc) is 2.59. The molecule has 82 valence electrons. The molecule has 0 saturated carbocycles. The fourth-order valence-corrected chi connectivity index (χ4v) is 1.84. The molecule has 1 aliphatic rings. The molecule has 2 N–H and O–H groups in total. The van der Waals surface area contributed by atoms with Crippen LogP contribution in [0.2, 0.25) is 0 Å². The molecule has 0 spiro atoms. The maximum absolute atomic E-state index is 9.82. The number of nitrogens with zero attached hydrogens (tertiary/aromatic N) is 2. The zero-order valence-corrected chi connectivity index (χ0v) is 8.85. The first-order chi connectivity index (χ1) is 7.11. The van der Waals surface area contributed by atoms with Crippen molar-refractivity contribution in [1.82, 2.24) is 4.98 Å². The van der Waals surface area contributed by atoms with Crippen LogP contribution in [0.15, 0.2) is 18.3 Å². The molecular weight excluding hydrogens is 192 g/mol. The summed E-state index contributed by atoms with van der Waals surface area (Å²) in [6.07, 6.45) is 2.44. The molecule has 0 radical (unpaired) electrons. The van der Waals surface area contributed by atoms with E-state index in [1.54, 1.807) is 6.20 Å². The van der Waals surface area contributed by atoms with Gasteiger partial charge < -0.3 is 15.1 Å². The largest absolute Gasteiger partial charge is 0.392 e. The summed E-state index contributed by atoms with van der Waals surface area (Å²) in [7, 11) is 0. The molecule has 2 rings (SSSR count). The second-order valence-electron chi connectivity index (χ2n) is 4.35. The fraction of sp³-hybridized carbons (Fsp3) is 0.545. The molecule has 0 bridgehead atoms. The molecule has 15 heavy (non-hydrogen) atoms. The van der Waals surface area contributed by atoms with E-state index < -0.39 is 5.60 Å². The van der Waals surface area contributed by atoms with Gasteiger partial charge in [-0.25, -0.2) is 4.98 Å². The molecule has 4 heteroatoms. The maximum Gasteiger partial charge on any atom is 0.128 e. The van der Waals surface area contributed by atoms with Crippen molar-refractivity contribution in [3.8, 4) is 0 Å². The number of β-amino-alcohol motifs (C(OH)–C–C–N with tert-alkyl or cyclic N) is 1. The van der Waals surface area contributed by atoms with Gasteiger partial charge in [0, 0.05) is 19.3 Å². The van der Waals surface area contributed by atoms with Crippen LogP contribution >= 0.6 is 0 Å². The number of anilines is 1. The minimum atomic E-state index is -0.600. The van der Waals surface area contributed by atoms with E-state index in [0.29, 0.717) is 6.54 Å². The summed E-state index contributed by atoms with van der Waals surface area (Å²) in [4.78, 5) is 6.31. The Morgan fingerprint density at radius 2 is 2.33 bits per heavy atom. The van der Waals surface area contributed by atoms with Gasteiger partial charge in [0.25, 0.3) is 0 Å². The minimum Gasteiger partial charge on any atom is -0.392 e. The first kappa shape index (κ1) is 10.4. The van der Waals surface area contributed by atoms with E-state index in [4.69, 9.17) is 5.11 Å². The Morgan fingerprint density at radius 3 is 2.80 bits per heavy atom. The lowest BCUT2D eigenvalue weighted by atomic mass is 10.1. The molecule has 0 aliphatic carbocycles. The highest BCUT2D eigenvalue weighted by molar-refractivity contribution is 5.41. The van der Waals surface area contributed by atoms with Crippen LogP contribution in [-0.2, 0) is 6.61 Å². The summed E-state index contributed by atoms with van der Waals surface area (Å²) in [5, 5.41) is 18.7. The number of hydrogen-bond acceptors (Lipinski definition) is 4. The van der Waals surface area contributed by atoms with E-state index in [1.807, 2.05) is 19.1 Å². The fourth-order valence-electron chi connectivity index (χ4n) is 1.84. The average molecular weight is 208 g/mol. The predicted octanol–water partition coefficient (Wildman–Crippen LogP) is 0.535. The van der Waals surface area contributed by atoms with Crippen molar-refractivity contribution in [2.24, 2.45) is 0 Å². The van der Waals surface area contributed by atoms with E-state index in [-0.39, 0.29) is 6.61 Å². The van der Waals surface area contributed by atoms with E-state index in [9.17, 15) is 5.11 Å². The summed E-state index contributed by atoms with van der Waals surface area (Å²) in [6, 6.07) is 3.74. The Labute approximate surface area is 89.2 Å². The SMILES string of the molecule is CC1(O)CCN(c2ccc(CO)cn2)C1. The van der Waals surface area contributed by atoms with Crippen molar-refractivity contribution in [2.75, 3.05) is 18.0 Å². The third-order valence-electron chi connectivity index (χ3n) is 2.77. The third-order valence-corrected chi connectivity index (χ3v) is 2.77. The van der Waals surface area contributed by atoms with Gasteiger partial charge in [-0.3, -0.25) is 0 Å². The van der Waals surface area contributed by atoms with Crippen molar-refractivity contribution < 1.29 is 10.2 Å². The summed E-state index contributed by atoms with van der Waals surface area (Å²) in [5.41, 5.74) is 0.210. The molecule has 1 fully saturated rings. The van der Waals surface area contributed by atoms with Crippen LogP contribution in [0.4, 0.5) is 5.82 Å². The molecule has 1 atom stereocenters. The van der Waals surface area contributed by atoms with Crippen LogP contribution in [0.1, 0.15) is 18.9 Å². The van der Waals surface area contributed by atoms with Crippen LogP contribution in [0.5, 0.6) is 0 Å². The van der Waals surface area contributed by atoms with Gasteiger partial charge in [0.15, 0.2) is 0 Å². The summed E-state index contributed by atoms with van der Waals surface area (Å²) in [5.74, 6) is 0.866. The van der Waals surface area contributed by atoms with Gasteiger partial charge in [0.05, 0.1) is 12.2 Å². The number of aliphatic hydroxyl groups is 2. The molecule has 0 aromatic carbocycles. The molecule has 0 amide bonds. The number of aromatic nitrogens is 1. The van der Waals surface area contributed by atoms with Gasteiger partial charge in [-0.05, 0) is 25.0 Å². The first-order valence-corrected chi connectivity index (χ1v) is 5.14. The molecule has 1 saturated heterocycles. The number of rotatable bonds is 2. The second kappa shape index (κ2) is 3.79. The number of aliphatic hydroxyl groups excluding tert-OH is 1. The quantitative estimate of drug-likeness (QED) is 0.744. The highest BCUT2D eigenvalue weighted by Crippen LogP contribution is 2.24. The smallest absolute Gasteiger partial charge is 0.128 e. The number of hydrogen-bond donors (Lipinski definition) is 2. The second-order valence-corrected chi connectivity index (χ2v) is 4.35. The first-order valence-electron chi connectivity index (χ1n) is 5.14. The van der Waals surface area contributed by atoms with E-state index in [2.05, 4.69) is 9.88 Å². The normalized spacial score (nSPS) is 25.9. The Hall–Kier alpha value is -1.13. The Bertz CT molecular complexity index is 335. The lowest BCUT2D eigenvalue weighted by molar-refractivity contribution is 0.0839. The number of pyridine rings is 1. The standard InChI is InChI=1S/C11H16N2O2/c1-11(15)4-5-13(8-11)10-3-2-9(7-14)6-12-10/h2-3,6,14-15H,4-5,7-8H2,1H3. The van der Waals surface area contributed by atoms with Gasteiger partial charge in [0.1, 0.15) is 5.82 Å².